The second kappa shape index (κ2) is 8.03. The molecule has 1 aromatic heterocycles. The Hall–Kier alpha value is -2.25. The zero-order valence-corrected chi connectivity index (χ0v) is 14.6. The lowest BCUT2D eigenvalue weighted by Crippen LogP contribution is -2.46. The van der Waals surface area contributed by atoms with E-state index in [1.807, 2.05) is 13.8 Å². The van der Waals surface area contributed by atoms with E-state index in [-0.39, 0.29) is 30.2 Å². The Labute approximate surface area is 141 Å². The minimum absolute atomic E-state index is 0.0638. The van der Waals surface area contributed by atoms with Crippen LogP contribution in [-0.4, -0.2) is 52.2 Å². The van der Waals surface area contributed by atoms with Gasteiger partial charge in [0.05, 0.1) is 6.61 Å². The molecule has 0 aromatic carbocycles. The Kier molecular flexibility index (Phi) is 6.05. The Morgan fingerprint density at radius 1 is 1.29 bits per heavy atom. The molecule has 1 aliphatic rings. The van der Waals surface area contributed by atoms with E-state index >= 15 is 0 Å². The number of aromatic amines is 1. The van der Waals surface area contributed by atoms with Crippen molar-refractivity contribution in [3.63, 3.8) is 0 Å². The van der Waals surface area contributed by atoms with E-state index in [0.717, 1.165) is 11.4 Å². The van der Waals surface area contributed by atoms with Crippen molar-refractivity contribution in [2.24, 2.45) is 0 Å². The third kappa shape index (κ3) is 4.39. The van der Waals surface area contributed by atoms with Crippen molar-refractivity contribution in [3.8, 4) is 0 Å². The van der Waals surface area contributed by atoms with Crippen LogP contribution in [0.5, 0.6) is 0 Å². The fraction of sp³-hybridized carbons (Fsp3) is 0.688. The maximum absolute atomic E-state index is 12.1. The van der Waals surface area contributed by atoms with Gasteiger partial charge in [-0.15, -0.1) is 0 Å². The lowest BCUT2D eigenvalue weighted by Gasteiger charge is -2.31. The molecular formula is C16H26N4O4. The fourth-order valence-electron chi connectivity index (χ4n) is 2.88. The molecule has 0 bridgehead atoms. The summed E-state index contributed by atoms with van der Waals surface area (Å²) in [6.45, 7) is 7.37. The van der Waals surface area contributed by atoms with Gasteiger partial charge in [0.1, 0.15) is 0 Å². The molecule has 134 valence electrons. The smallest absolute Gasteiger partial charge is 0.409 e. The first-order chi connectivity index (χ1) is 11.4. The number of likely N-dealkylation sites (tertiary alicyclic amines) is 1. The van der Waals surface area contributed by atoms with Crippen molar-refractivity contribution in [2.75, 3.05) is 19.7 Å². The van der Waals surface area contributed by atoms with Gasteiger partial charge in [0.25, 0.3) is 0 Å². The fourth-order valence-corrected chi connectivity index (χ4v) is 2.88. The Balaban J connectivity index is 1.76. The normalized spacial score (nSPS) is 15.4. The number of hydrogen-bond acceptors (Lipinski definition) is 4. The summed E-state index contributed by atoms with van der Waals surface area (Å²) >= 11 is 0. The van der Waals surface area contributed by atoms with Gasteiger partial charge in [0.2, 0.25) is 5.91 Å². The Morgan fingerprint density at radius 3 is 2.50 bits per heavy atom. The van der Waals surface area contributed by atoms with Crippen LogP contribution >= 0.6 is 0 Å². The van der Waals surface area contributed by atoms with Gasteiger partial charge in [-0.25, -0.2) is 9.59 Å². The molecule has 1 aromatic rings. The number of carbonyl (C=O) groups excluding carboxylic acids is 2. The summed E-state index contributed by atoms with van der Waals surface area (Å²) in [5.74, 6) is -0.0743. The third-order valence-electron chi connectivity index (χ3n) is 4.44. The number of aromatic nitrogens is 2. The molecule has 0 aliphatic carbocycles. The number of ether oxygens (including phenoxy) is 1. The molecule has 0 spiro atoms. The quantitative estimate of drug-likeness (QED) is 0.834. The second-order valence-electron chi connectivity index (χ2n) is 6.07. The molecule has 0 radical (unpaired) electrons. The summed E-state index contributed by atoms with van der Waals surface area (Å²) in [6, 6.07) is 0.0638. The van der Waals surface area contributed by atoms with Crippen molar-refractivity contribution in [3.05, 3.63) is 21.9 Å². The highest BCUT2D eigenvalue weighted by Gasteiger charge is 2.24. The number of piperidine rings is 1. The predicted octanol–water partition coefficient (Wildman–Crippen LogP) is 0.920. The lowest BCUT2D eigenvalue weighted by atomic mass is 10.1. The van der Waals surface area contributed by atoms with E-state index < -0.39 is 0 Å². The van der Waals surface area contributed by atoms with Crippen LogP contribution < -0.4 is 11.0 Å². The summed E-state index contributed by atoms with van der Waals surface area (Å²) in [6.07, 6.45) is 1.40. The number of imidazole rings is 1. The highest BCUT2D eigenvalue weighted by Crippen LogP contribution is 2.12. The van der Waals surface area contributed by atoms with Crippen LogP contribution in [0.25, 0.3) is 0 Å². The molecule has 2 amide bonds. The van der Waals surface area contributed by atoms with E-state index in [9.17, 15) is 14.4 Å². The maximum Gasteiger partial charge on any atom is 0.409 e. The van der Waals surface area contributed by atoms with Gasteiger partial charge in [-0.2, -0.15) is 0 Å². The number of aryl methyl sites for hydroxylation is 1. The van der Waals surface area contributed by atoms with Gasteiger partial charge in [-0.3, -0.25) is 9.36 Å². The van der Waals surface area contributed by atoms with Gasteiger partial charge in [0, 0.05) is 43.5 Å². The summed E-state index contributed by atoms with van der Waals surface area (Å²) in [5, 5.41) is 2.98. The van der Waals surface area contributed by atoms with Gasteiger partial charge < -0.3 is 19.9 Å². The largest absolute Gasteiger partial charge is 0.450 e. The molecule has 1 fully saturated rings. The molecular weight excluding hydrogens is 312 g/mol. The van der Waals surface area contributed by atoms with Crippen molar-refractivity contribution in [2.45, 2.75) is 52.6 Å². The number of carbonyl (C=O) groups is 2. The lowest BCUT2D eigenvalue weighted by molar-refractivity contribution is -0.122. The average molecular weight is 338 g/mol. The first-order valence-corrected chi connectivity index (χ1v) is 8.39. The third-order valence-corrected chi connectivity index (χ3v) is 4.44. The molecule has 0 unspecified atom stereocenters. The van der Waals surface area contributed by atoms with Crippen LogP contribution in [0.15, 0.2) is 4.79 Å². The summed E-state index contributed by atoms with van der Waals surface area (Å²) in [7, 11) is 0. The minimum atomic E-state index is -0.292. The van der Waals surface area contributed by atoms with Gasteiger partial charge >= 0.3 is 11.8 Å². The molecule has 1 saturated heterocycles. The van der Waals surface area contributed by atoms with Crippen LogP contribution in [0.4, 0.5) is 4.79 Å². The standard InChI is InChI=1S/C16H26N4O4/c1-4-24-16(23)19-8-5-13(6-9-19)18-14(21)7-10-20-12(3)11(2)17-15(20)22/h13H,4-10H2,1-3H3,(H,17,22)(H,18,21). The van der Waals surface area contributed by atoms with Crippen LogP contribution in [-0.2, 0) is 16.1 Å². The van der Waals surface area contributed by atoms with E-state index in [4.69, 9.17) is 4.74 Å². The van der Waals surface area contributed by atoms with Crippen LogP contribution in [0.2, 0.25) is 0 Å². The summed E-state index contributed by atoms with van der Waals surface area (Å²) in [4.78, 5) is 39.9. The highest BCUT2D eigenvalue weighted by atomic mass is 16.6. The summed E-state index contributed by atoms with van der Waals surface area (Å²) < 4.78 is 6.56. The number of nitrogens with one attached hydrogen (secondary N) is 2. The molecule has 8 heteroatoms. The molecule has 2 rings (SSSR count). The first-order valence-electron chi connectivity index (χ1n) is 8.39. The molecule has 8 nitrogen and oxygen atoms in total. The number of amides is 2. The highest BCUT2D eigenvalue weighted by molar-refractivity contribution is 5.76. The predicted molar refractivity (Wildman–Crippen MR) is 88.9 cm³/mol. The van der Waals surface area contributed by atoms with Crippen molar-refractivity contribution in [1.29, 1.82) is 0 Å². The Bertz CT molecular complexity index is 641. The van der Waals surface area contributed by atoms with Gasteiger partial charge in [0.15, 0.2) is 0 Å². The SMILES string of the molecule is CCOC(=O)N1CCC(NC(=O)CCn2c(C)c(C)[nH]c2=O)CC1. The topological polar surface area (TPSA) is 96.4 Å². The van der Waals surface area contributed by atoms with E-state index in [0.29, 0.717) is 39.1 Å². The zero-order valence-electron chi connectivity index (χ0n) is 14.6. The van der Waals surface area contributed by atoms with Crippen molar-refractivity contribution in [1.82, 2.24) is 19.8 Å². The maximum atomic E-state index is 12.1. The molecule has 0 saturated carbocycles. The van der Waals surface area contributed by atoms with Crippen LogP contribution in [0.3, 0.4) is 0 Å². The van der Waals surface area contributed by atoms with E-state index in [1.54, 1.807) is 16.4 Å². The van der Waals surface area contributed by atoms with Crippen molar-refractivity contribution >= 4 is 12.0 Å². The zero-order chi connectivity index (χ0) is 17.7. The average Bonchev–Trinajstić information content (AvgIpc) is 2.79. The number of rotatable bonds is 5. The number of hydrogen-bond donors (Lipinski definition) is 2. The van der Waals surface area contributed by atoms with Crippen LogP contribution in [0, 0.1) is 13.8 Å². The molecule has 0 atom stereocenters. The summed E-state index contributed by atoms with van der Waals surface area (Å²) in [5.41, 5.74) is 1.50. The second-order valence-corrected chi connectivity index (χ2v) is 6.07. The molecule has 24 heavy (non-hydrogen) atoms. The monoisotopic (exact) mass is 338 g/mol. The Morgan fingerprint density at radius 2 is 1.96 bits per heavy atom. The van der Waals surface area contributed by atoms with E-state index in [1.165, 1.54) is 0 Å². The van der Waals surface area contributed by atoms with Crippen LogP contribution in [0.1, 0.15) is 37.6 Å². The number of nitrogens with zero attached hydrogens (tertiary/aromatic N) is 2. The molecule has 2 N–H and O–H groups in total. The van der Waals surface area contributed by atoms with Crippen molar-refractivity contribution < 1.29 is 14.3 Å². The minimum Gasteiger partial charge on any atom is -0.450 e. The van der Waals surface area contributed by atoms with Gasteiger partial charge in [-0.1, -0.05) is 0 Å². The van der Waals surface area contributed by atoms with Gasteiger partial charge in [-0.05, 0) is 33.6 Å². The molecule has 2 heterocycles. The number of H-pyrrole nitrogens is 1. The van der Waals surface area contributed by atoms with E-state index in [2.05, 4.69) is 10.3 Å². The first kappa shape index (κ1) is 18.1. The molecule has 1 aliphatic heterocycles.